The summed E-state index contributed by atoms with van der Waals surface area (Å²) in [6.07, 6.45) is -0.654. The zero-order chi connectivity index (χ0) is 24.4. The van der Waals surface area contributed by atoms with Gasteiger partial charge >= 0.3 is 6.09 Å². The number of aromatic nitrogens is 2. The van der Waals surface area contributed by atoms with Gasteiger partial charge in [-0.3, -0.25) is 9.59 Å². The van der Waals surface area contributed by atoms with Crippen molar-refractivity contribution in [2.75, 3.05) is 30.9 Å². The van der Waals surface area contributed by atoms with Gasteiger partial charge < -0.3 is 19.9 Å². The normalized spacial score (nSPS) is 12.3. The molecule has 1 aromatic heterocycles. The number of nitrogens with zero attached hydrogens (tertiary/aromatic N) is 4. The summed E-state index contributed by atoms with van der Waals surface area (Å²) >= 11 is 0. The van der Waals surface area contributed by atoms with Crippen molar-refractivity contribution in [3.8, 4) is 0 Å². The molecule has 4 rings (SSSR count). The molecule has 0 bridgehead atoms. The molecule has 2 heterocycles. The lowest BCUT2D eigenvalue weighted by molar-refractivity contribution is 0.0747. The summed E-state index contributed by atoms with van der Waals surface area (Å²) in [5, 5.41) is 7.10. The number of rotatable bonds is 5. The van der Waals surface area contributed by atoms with Gasteiger partial charge in [0.25, 0.3) is 11.8 Å². The molecule has 176 valence electrons. The maximum absolute atomic E-state index is 13.1. The van der Waals surface area contributed by atoms with Gasteiger partial charge in [-0.25, -0.2) is 4.79 Å². The third kappa shape index (κ3) is 4.50. The molecule has 0 atom stereocenters. The van der Waals surface area contributed by atoms with Crippen LogP contribution >= 0.6 is 0 Å². The van der Waals surface area contributed by atoms with Crippen molar-refractivity contribution in [3.63, 3.8) is 0 Å². The van der Waals surface area contributed by atoms with Crippen LogP contribution in [0.5, 0.6) is 0 Å². The smallest absolute Gasteiger partial charge is 0.435 e. The number of carbonyl (C=O) groups is 3. The van der Waals surface area contributed by atoms with Crippen LogP contribution in [0.1, 0.15) is 44.5 Å². The van der Waals surface area contributed by atoms with Crippen molar-refractivity contribution >= 4 is 29.4 Å². The fourth-order valence-electron chi connectivity index (χ4n) is 3.79. The van der Waals surface area contributed by atoms with Crippen molar-refractivity contribution in [1.29, 1.82) is 0 Å². The van der Waals surface area contributed by atoms with Crippen LogP contribution in [0.25, 0.3) is 0 Å². The second-order valence-corrected chi connectivity index (χ2v) is 8.31. The van der Waals surface area contributed by atoms with Crippen LogP contribution < -0.4 is 10.2 Å². The lowest BCUT2D eigenvalue weighted by Gasteiger charge is -2.17. The molecular formula is C25H27N5O4. The van der Waals surface area contributed by atoms with E-state index >= 15 is 0 Å². The van der Waals surface area contributed by atoms with Crippen LogP contribution in [0.15, 0.2) is 48.5 Å². The van der Waals surface area contributed by atoms with Crippen molar-refractivity contribution in [3.05, 3.63) is 76.5 Å². The van der Waals surface area contributed by atoms with Gasteiger partial charge in [-0.1, -0.05) is 17.7 Å². The number of carbonyl (C=O) groups excluding carboxylic acids is 3. The fraction of sp³-hybridized carbons (Fsp3) is 0.280. The van der Waals surface area contributed by atoms with E-state index in [0.717, 1.165) is 15.9 Å². The van der Waals surface area contributed by atoms with E-state index in [1.165, 1.54) is 0 Å². The molecule has 0 aliphatic carbocycles. The number of fused-ring (bicyclic) bond motifs is 1. The second-order valence-electron chi connectivity index (χ2n) is 8.31. The van der Waals surface area contributed by atoms with Gasteiger partial charge in [0, 0.05) is 36.5 Å². The summed E-state index contributed by atoms with van der Waals surface area (Å²) in [6.45, 7) is 4.24. The molecule has 9 nitrogen and oxygen atoms in total. The molecule has 1 aliphatic heterocycles. The Balaban J connectivity index is 1.60. The first-order valence-corrected chi connectivity index (χ1v) is 11.0. The molecule has 9 heteroatoms. The van der Waals surface area contributed by atoms with Crippen molar-refractivity contribution in [2.45, 2.75) is 26.9 Å². The standard InChI is InChI=1S/C25H27N5O4/c1-5-34-25(33)30-21-15-29(24(32)18-8-6-16(2)7-9-18)14-20(21)22(27-30)26-23(31)17-10-12-19(13-11-17)28(3)4/h6-13H,5,14-15H2,1-4H3,(H,26,27,31). The first-order valence-electron chi connectivity index (χ1n) is 11.0. The number of ether oxygens (including phenoxy) is 1. The molecule has 0 fully saturated rings. The highest BCUT2D eigenvalue weighted by molar-refractivity contribution is 6.04. The van der Waals surface area contributed by atoms with Crippen LogP contribution in [0.3, 0.4) is 0 Å². The van der Waals surface area contributed by atoms with Crippen LogP contribution in [-0.4, -0.2) is 53.3 Å². The first kappa shape index (κ1) is 23.0. The Kier molecular flexibility index (Phi) is 6.36. The maximum atomic E-state index is 13.1. The molecule has 0 unspecified atom stereocenters. The monoisotopic (exact) mass is 461 g/mol. The summed E-state index contributed by atoms with van der Waals surface area (Å²) in [6, 6.07) is 14.4. The van der Waals surface area contributed by atoms with Crippen LogP contribution in [0, 0.1) is 6.92 Å². The summed E-state index contributed by atoms with van der Waals surface area (Å²) in [7, 11) is 3.84. The van der Waals surface area contributed by atoms with Gasteiger partial charge in [0.15, 0.2) is 5.82 Å². The molecule has 0 saturated heterocycles. The van der Waals surface area contributed by atoms with Gasteiger partial charge in [0.1, 0.15) is 0 Å². The highest BCUT2D eigenvalue weighted by Crippen LogP contribution is 2.31. The Hall–Kier alpha value is -4.14. The number of nitrogens with one attached hydrogen (secondary N) is 1. The van der Waals surface area contributed by atoms with Gasteiger partial charge in [0.2, 0.25) is 0 Å². The number of amides is 2. The molecule has 2 aromatic carbocycles. The van der Waals surface area contributed by atoms with E-state index < -0.39 is 6.09 Å². The quantitative estimate of drug-likeness (QED) is 0.623. The molecule has 34 heavy (non-hydrogen) atoms. The molecule has 3 aromatic rings. The van der Waals surface area contributed by atoms with E-state index in [-0.39, 0.29) is 37.3 Å². The molecule has 2 amide bonds. The minimum Gasteiger partial charge on any atom is -0.448 e. The Bertz CT molecular complexity index is 1230. The van der Waals surface area contributed by atoms with Gasteiger partial charge in [0.05, 0.1) is 25.4 Å². The van der Waals surface area contributed by atoms with E-state index in [1.807, 2.05) is 50.2 Å². The van der Waals surface area contributed by atoms with Crippen molar-refractivity contribution in [2.24, 2.45) is 0 Å². The number of hydrogen-bond acceptors (Lipinski definition) is 6. The Labute approximate surface area is 197 Å². The topological polar surface area (TPSA) is 96.8 Å². The molecule has 1 aliphatic rings. The second kappa shape index (κ2) is 9.38. The Morgan fingerprint density at radius 1 is 1.00 bits per heavy atom. The lowest BCUT2D eigenvalue weighted by Crippen LogP contribution is -2.27. The van der Waals surface area contributed by atoms with Crippen LogP contribution in [0.4, 0.5) is 16.3 Å². The highest BCUT2D eigenvalue weighted by atomic mass is 16.6. The predicted molar refractivity (Wildman–Crippen MR) is 128 cm³/mol. The van der Waals surface area contributed by atoms with Gasteiger partial charge in [-0.2, -0.15) is 4.68 Å². The van der Waals surface area contributed by atoms with Gasteiger partial charge in [-0.05, 0) is 50.2 Å². The summed E-state index contributed by atoms with van der Waals surface area (Å²) < 4.78 is 6.26. The minimum absolute atomic E-state index is 0.164. The van der Waals surface area contributed by atoms with E-state index in [9.17, 15) is 14.4 Å². The molecule has 0 radical (unpaired) electrons. The predicted octanol–water partition coefficient (Wildman–Crippen LogP) is 3.67. The van der Waals surface area contributed by atoms with E-state index in [2.05, 4.69) is 10.4 Å². The summed E-state index contributed by atoms with van der Waals surface area (Å²) in [5.74, 6) is -0.281. The zero-order valence-corrected chi connectivity index (χ0v) is 19.7. The molecule has 0 saturated carbocycles. The summed E-state index contributed by atoms with van der Waals surface area (Å²) in [4.78, 5) is 42.0. The average Bonchev–Trinajstić information content (AvgIpc) is 3.40. The Morgan fingerprint density at radius 3 is 2.26 bits per heavy atom. The zero-order valence-electron chi connectivity index (χ0n) is 19.7. The number of aryl methyl sites for hydroxylation is 1. The maximum Gasteiger partial charge on any atom is 0.435 e. The molecule has 0 spiro atoms. The van der Waals surface area contributed by atoms with Crippen molar-refractivity contribution < 1.29 is 19.1 Å². The summed E-state index contributed by atoms with van der Waals surface area (Å²) in [5.41, 5.74) is 4.18. The highest BCUT2D eigenvalue weighted by Gasteiger charge is 2.34. The largest absolute Gasteiger partial charge is 0.448 e. The van der Waals surface area contributed by atoms with Crippen molar-refractivity contribution in [1.82, 2.24) is 14.7 Å². The van der Waals surface area contributed by atoms with E-state index in [0.29, 0.717) is 22.4 Å². The SMILES string of the molecule is CCOC(=O)n1nc(NC(=O)c2ccc(N(C)C)cc2)c2c1CN(C(=O)c1ccc(C)cc1)C2. The number of hydrogen-bond donors (Lipinski definition) is 1. The number of benzene rings is 2. The first-order chi connectivity index (χ1) is 16.3. The Morgan fingerprint density at radius 2 is 1.65 bits per heavy atom. The lowest BCUT2D eigenvalue weighted by atomic mass is 10.1. The van der Waals surface area contributed by atoms with E-state index in [4.69, 9.17) is 4.74 Å². The molecule has 1 N–H and O–H groups in total. The van der Waals surface area contributed by atoms with Gasteiger partial charge in [-0.15, -0.1) is 5.10 Å². The third-order valence-electron chi connectivity index (χ3n) is 5.68. The fourth-order valence-corrected chi connectivity index (χ4v) is 3.79. The van der Waals surface area contributed by atoms with Crippen LogP contribution in [0.2, 0.25) is 0 Å². The van der Waals surface area contributed by atoms with E-state index in [1.54, 1.807) is 36.1 Å². The average molecular weight is 462 g/mol. The van der Waals surface area contributed by atoms with Crippen LogP contribution in [-0.2, 0) is 17.8 Å². The minimum atomic E-state index is -0.654. The third-order valence-corrected chi connectivity index (χ3v) is 5.68. The molecular weight excluding hydrogens is 434 g/mol. The number of anilines is 2.